The lowest BCUT2D eigenvalue weighted by atomic mass is 9.80. The summed E-state index contributed by atoms with van der Waals surface area (Å²) in [6, 6.07) is 7.94. The molecule has 0 saturated carbocycles. The largest absolute Gasteiger partial charge is 0.504 e. The van der Waals surface area contributed by atoms with Crippen molar-refractivity contribution in [2.24, 2.45) is 5.41 Å². The number of hydrogen-bond donors (Lipinski definition) is 2. The van der Waals surface area contributed by atoms with Gasteiger partial charge in [0.15, 0.2) is 28.9 Å². The predicted octanol–water partition coefficient (Wildman–Crippen LogP) is 5.77. The Bertz CT molecular complexity index is 1380. The first-order valence-electron chi connectivity index (χ1n) is 11.2. The van der Waals surface area contributed by atoms with Gasteiger partial charge in [0, 0.05) is 27.3 Å². The number of rotatable bonds is 6. The molecule has 2 heterocycles. The van der Waals surface area contributed by atoms with Gasteiger partial charge in [0.2, 0.25) is 11.5 Å². The highest BCUT2D eigenvalue weighted by Gasteiger charge is 2.44. The number of methoxy groups -OCH3 is 1. The number of phenols is 2. The summed E-state index contributed by atoms with van der Waals surface area (Å²) in [5, 5.41) is 20.6. The van der Waals surface area contributed by atoms with Crippen LogP contribution in [0.3, 0.4) is 0 Å². The average Bonchev–Trinajstić information content (AvgIpc) is 2.84. The summed E-state index contributed by atoms with van der Waals surface area (Å²) >= 11 is 0. The highest BCUT2D eigenvalue weighted by molar-refractivity contribution is 5.89. The number of fused-ring (bicyclic) bond motifs is 3. The van der Waals surface area contributed by atoms with Crippen molar-refractivity contribution in [1.82, 2.24) is 0 Å². The maximum atomic E-state index is 13.0. The van der Waals surface area contributed by atoms with E-state index in [0.717, 1.165) is 0 Å². The smallest absolute Gasteiger partial charge is 0.340 e. The zero-order valence-corrected chi connectivity index (χ0v) is 20.5. The fourth-order valence-electron chi connectivity index (χ4n) is 4.12. The van der Waals surface area contributed by atoms with Crippen LogP contribution in [-0.2, 0) is 5.41 Å². The van der Waals surface area contributed by atoms with Crippen LogP contribution in [0.2, 0.25) is 0 Å². The van der Waals surface area contributed by atoms with Gasteiger partial charge in [-0.15, -0.1) is 13.2 Å². The standard InChI is InChI=1S/C28H30O7/c1-8-27(3,4)17-12-16-14-20(32-7)23-24(21(16)35-26(17)31)33-22(25(34-23)28(5,6)9-2)15-10-11-18(29)19(30)13-15/h8-14,22,25,29-30H,1-2H2,3-7H3/t22-,25+/m0/s1. The van der Waals surface area contributed by atoms with Gasteiger partial charge in [-0.1, -0.05) is 45.9 Å². The van der Waals surface area contributed by atoms with Crippen LogP contribution in [0.1, 0.15) is 44.9 Å². The van der Waals surface area contributed by atoms with Gasteiger partial charge in [-0.3, -0.25) is 0 Å². The number of hydrogen-bond acceptors (Lipinski definition) is 7. The fourth-order valence-corrected chi connectivity index (χ4v) is 4.12. The second-order valence-electron chi connectivity index (χ2n) is 9.88. The first kappa shape index (κ1) is 24.3. The van der Waals surface area contributed by atoms with Crippen LogP contribution < -0.4 is 19.8 Å². The topological polar surface area (TPSA) is 98.4 Å². The molecule has 0 amide bonds. The molecule has 1 aromatic heterocycles. The Kier molecular flexibility index (Phi) is 5.83. The first-order valence-corrected chi connectivity index (χ1v) is 11.2. The molecule has 0 aliphatic carbocycles. The molecule has 7 heteroatoms. The van der Waals surface area contributed by atoms with Gasteiger partial charge in [-0.05, 0) is 24.3 Å². The molecule has 0 fully saturated rings. The predicted molar refractivity (Wildman–Crippen MR) is 134 cm³/mol. The lowest BCUT2D eigenvalue weighted by Gasteiger charge is -2.41. The van der Waals surface area contributed by atoms with Gasteiger partial charge in [-0.2, -0.15) is 0 Å². The minimum absolute atomic E-state index is 0.216. The summed E-state index contributed by atoms with van der Waals surface area (Å²) < 4.78 is 24.4. The molecule has 0 saturated heterocycles. The highest BCUT2D eigenvalue weighted by Crippen LogP contribution is 2.53. The van der Waals surface area contributed by atoms with Crippen molar-refractivity contribution in [1.29, 1.82) is 0 Å². The molecule has 7 nitrogen and oxygen atoms in total. The molecule has 1 aliphatic rings. The molecule has 2 N–H and O–H groups in total. The minimum atomic E-state index is -0.730. The van der Waals surface area contributed by atoms with Gasteiger partial charge in [0.05, 0.1) is 7.11 Å². The van der Waals surface area contributed by atoms with Crippen LogP contribution in [0.4, 0.5) is 0 Å². The molecule has 0 spiro atoms. The second-order valence-corrected chi connectivity index (χ2v) is 9.88. The minimum Gasteiger partial charge on any atom is -0.504 e. The second kappa shape index (κ2) is 8.41. The molecule has 1 aliphatic heterocycles. The van der Waals surface area contributed by atoms with E-state index in [1.165, 1.54) is 19.2 Å². The SMILES string of the molecule is C=CC(C)(C)c1cc2cc(OC)c3c(c2oc1=O)O[C@@H](c1ccc(O)c(O)c1)[C@H](C(C)(C)C=C)O3. The molecule has 0 bridgehead atoms. The summed E-state index contributed by atoms with van der Waals surface area (Å²) in [6.07, 6.45) is 2.13. The van der Waals surface area contributed by atoms with E-state index in [-0.39, 0.29) is 22.8 Å². The van der Waals surface area contributed by atoms with Crippen molar-refractivity contribution in [2.45, 2.75) is 45.3 Å². The summed E-state index contributed by atoms with van der Waals surface area (Å²) in [4.78, 5) is 13.0. The van der Waals surface area contributed by atoms with Gasteiger partial charge in [-0.25, -0.2) is 4.79 Å². The molecule has 3 aromatic rings. The van der Waals surface area contributed by atoms with Crippen LogP contribution in [0.25, 0.3) is 11.0 Å². The first-order chi connectivity index (χ1) is 16.4. The van der Waals surface area contributed by atoms with E-state index >= 15 is 0 Å². The summed E-state index contributed by atoms with van der Waals surface area (Å²) in [6.45, 7) is 15.4. The molecule has 4 rings (SSSR count). The Hall–Kier alpha value is -3.87. The van der Waals surface area contributed by atoms with E-state index in [0.29, 0.717) is 28.0 Å². The Morgan fingerprint density at radius 1 is 0.971 bits per heavy atom. The Morgan fingerprint density at radius 3 is 2.29 bits per heavy atom. The molecular formula is C28H30O7. The Morgan fingerprint density at radius 2 is 1.69 bits per heavy atom. The number of phenolic OH excluding ortho intramolecular Hbond substituents is 2. The fraction of sp³-hybridized carbons (Fsp3) is 0.321. The van der Waals surface area contributed by atoms with E-state index in [2.05, 4.69) is 13.2 Å². The quantitative estimate of drug-likeness (QED) is 0.264. The molecular weight excluding hydrogens is 448 g/mol. The number of aromatic hydroxyl groups is 2. The van der Waals surface area contributed by atoms with E-state index in [9.17, 15) is 15.0 Å². The van der Waals surface area contributed by atoms with Crippen molar-refractivity contribution in [3.8, 4) is 28.7 Å². The van der Waals surface area contributed by atoms with Crippen LogP contribution in [-0.4, -0.2) is 23.4 Å². The number of benzene rings is 2. The van der Waals surface area contributed by atoms with Crippen LogP contribution in [0, 0.1) is 5.41 Å². The van der Waals surface area contributed by atoms with Gasteiger partial charge < -0.3 is 28.8 Å². The van der Waals surface area contributed by atoms with Crippen LogP contribution in [0.5, 0.6) is 28.7 Å². The molecule has 35 heavy (non-hydrogen) atoms. The molecule has 0 unspecified atom stereocenters. The molecule has 0 radical (unpaired) electrons. The Balaban J connectivity index is 1.99. The maximum absolute atomic E-state index is 13.0. The van der Waals surface area contributed by atoms with E-state index in [1.807, 2.05) is 27.7 Å². The van der Waals surface area contributed by atoms with E-state index in [4.69, 9.17) is 18.6 Å². The van der Waals surface area contributed by atoms with Crippen molar-refractivity contribution in [3.05, 3.63) is 77.2 Å². The summed E-state index contributed by atoms with van der Waals surface area (Å²) in [5.41, 5.74) is -0.462. The van der Waals surface area contributed by atoms with Crippen molar-refractivity contribution in [2.75, 3.05) is 7.11 Å². The molecule has 2 aromatic carbocycles. The summed E-state index contributed by atoms with van der Waals surface area (Å²) in [5.74, 6) is 0.401. The highest BCUT2D eigenvalue weighted by atomic mass is 16.6. The lowest BCUT2D eigenvalue weighted by molar-refractivity contribution is -0.0318. The Labute approximate surface area is 203 Å². The van der Waals surface area contributed by atoms with E-state index < -0.39 is 28.7 Å². The van der Waals surface area contributed by atoms with Gasteiger partial charge >= 0.3 is 5.63 Å². The van der Waals surface area contributed by atoms with Crippen molar-refractivity contribution >= 4 is 11.0 Å². The van der Waals surface area contributed by atoms with Crippen molar-refractivity contribution < 1.29 is 28.8 Å². The normalized spacial score (nSPS) is 17.7. The van der Waals surface area contributed by atoms with E-state index in [1.54, 1.807) is 30.4 Å². The number of allylic oxidation sites excluding steroid dienone is 1. The van der Waals surface area contributed by atoms with Gasteiger partial charge in [0.25, 0.3) is 0 Å². The maximum Gasteiger partial charge on any atom is 0.340 e. The molecule has 2 atom stereocenters. The third kappa shape index (κ3) is 4.01. The third-order valence-corrected chi connectivity index (χ3v) is 6.68. The van der Waals surface area contributed by atoms with Crippen LogP contribution in [0.15, 0.2) is 64.9 Å². The van der Waals surface area contributed by atoms with Gasteiger partial charge in [0.1, 0.15) is 6.10 Å². The van der Waals surface area contributed by atoms with Crippen LogP contribution >= 0.6 is 0 Å². The molecule has 184 valence electrons. The average molecular weight is 479 g/mol. The zero-order chi connectivity index (χ0) is 25.7. The van der Waals surface area contributed by atoms with Crippen molar-refractivity contribution in [3.63, 3.8) is 0 Å². The lowest BCUT2D eigenvalue weighted by Crippen LogP contribution is -2.43. The summed E-state index contributed by atoms with van der Waals surface area (Å²) in [7, 11) is 1.52. The zero-order valence-electron chi connectivity index (χ0n) is 20.5. The number of ether oxygens (including phenoxy) is 3. The third-order valence-electron chi connectivity index (χ3n) is 6.68. The monoisotopic (exact) mass is 478 g/mol.